The van der Waals surface area contributed by atoms with Crippen molar-refractivity contribution in [3.63, 3.8) is 0 Å². The number of halogens is 1. The van der Waals surface area contributed by atoms with Gasteiger partial charge in [-0.15, -0.1) is 0 Å². The average molecular weight is 373 g/mol. The van der Waals surface area contributed by atoms with Gasteiger partial charge >= 0.3 is 0 Å². The molecule has 0 bridgehead atoms. The van der Waals surface area contributed by atoms with E-state index in [9.17, 15) is 0 Å². The summed E-state index contributed by atoms with van der Waals surface area (Å²) in [7, 11) is 1.66. The van der Waals surface area contributed by atoms with Crippen molar-refractivity contribution >= 4 is 21.7 Å². The highest BCUT2D eigenvalue weighted by atomic mass is 79.9. The number of aromatic nitrogens is 1. The summed E-state index contributed by atoms with van der Waals surface area (Å²) in [6.07, 6.45) is 6.81. The van der Waals surface area contributed by atoms with Gasteiger partial charge in [0, 0.05) is 18.8 Å². The van der Waals surface area contributed by atoms with Gasteiger partial charge in [-0.3, -0.25) is 0 Å². The summed E-state index contributed by atoms with van der Waals surface area (Å²) < 4.78 is 11.9. The lowest BCUT2D eigenvalue weighted by Gasteiger charge is -2.21. The molecule has 118 valence electrons. The number of methoxy groups -OCH3 is 1. The van der Waals surface area contributed by atoms with Gasteiger partial charge < -0.3 is 14.4 Å². The first-order valence-electron chi connectivity index (χ1n) is 7.28. The van der Waals surface area contributed by atoms with Crippen LogP contribution in [0.15, 0.2) is 71.3 Å². The third-order valence-electron chi connectivity index (χ3n) is 3.42. The van der Waals surface area contributed by atoms with Gasteiger partial charge in [0.25, 0.3) is 0 Å². The molecule has 5 heteroatoms. The highest BCUT2D eigenvalue weighted by molar-refractivity contribution is 9.10. The minimum atomic E-state index is 0.531. The monoisotopic (exact) mass is 372 g/mol. The molecule has 0 spiro atoms. The van der Waals surface area contributed by atoms with Crippen LogP contribution in [0.4, 0.5) is 5.82 Å². The molecule has 3 rings (SSSR count). The van der Waals surface area contributed by atoms with Crippen LogP contribution in [0.5, 0.6) is 5.75 Å². The zero-order chi connectivity index (χ0) is 16.1. The number of rotatable bonds is 5. The largest absolute Gasteiger partial charge is 0.497 e. The molecule has 2 heterocycles. The van der Waals surface area contributed by atoms with Crippen molar-refractivity contribution in [2.75, 3.05) is 12.0 Å². The molecule has 1 aliphatic rings. The Morgan fingerprint density at radius 3 is 2.74 bits per heavy atom. The van der Waals surface area contributed by atoms with Crippen molar-refractivity contribution in [1.29, 1.82) is 0 Å². The molecule has 0 aliphatic carbocycles. The molecule has 0 N–H and O–H groups in total. The van der Waals surface area contributed by atoms with E-state index in [0.717, 1.165) is 33.9 Å². The summed E-state index contributed by atoms with van der Waals surface area (Å²) in [5.74, 6) is 2.60. The van der Waals surface area contributed by atoms with Crippen molar-refractivity contribution in [3.05, 3.63) is 76.9 Å². The third kappa shape index (κ3) is 4.13. The fourth-order valence-electron chi connectivity index (χ4n) is 2.21. The molecule has 4 nitrogen and oxygen atoms in total. The van der Waals surface area contributed by atoms with Crippen molar-refractivity contribution < 1.29 is 9.47 Å². The van der Waals surface area contributed by atoms with Gasteiger partial charge in [0.2, 0.25) is 0 Å². The Labute approximate surface area is 144 Å². The maximum absolute atomic E-state index is 5.91. The standard InChI is InChI=1S/C18H17BrN2O2/c1-22-15-9-7-14(8-10-15)13-23-16-4-3-11-21(12-16)18-6-2-5-17(19)20-18/h2-3,5-12H,4,13H2,1H3. The molecule has 1 aromatic heterocycles. The Kier molecular flexibility index (Phi) is 4.98. The minimum absolute atomic E-state index is 0.531. The van der Waals surface area contributed by atoms with E-state index in [1.54, 1.807) is 7.11 Å². The Balaban J connectivity index is 1.65. The third-order valence-corrected chi connectivity index (χ3v) is 3.86. The fourth-order valence-corrected chi connectivity index (χ4v) is 2.55. The first kappa shape index (κ1) is 15.6. The lowest BCUT2D eigenvalue weighted by molar-refractivity contribution is 0.192. The predicted molar refractivity (Wildman–Crippen MR) is 94.0 cm³/mol. The highest BCUT2D eigenvalue weighted by Gasteiger charge is 2.10. The number of hydrogen-bond donors (Lipinski definition) is 0. The summed E-state index contributed by atoms with van der Waals surface area (Å²) in [6, 6.07) is 13.7. The van der Waals surface area contributed by atoms with Gasteiger partial charge in [-0.25, -0.2) is 4.98 Å². The Morgan fingerprint density at radius 1 is 1.17 bits per heavy atom. The van der Waals surface area contributed by atoms with Crippen LogP contribution < -0.4 is 9.64 Å². The zero-order valence-corrected chi connectivity index (χ0v) is 14.4. The maximum Gasteiger partial charge on any atom is 0.137 e. The zero-order valence-electron chi connectivity index (χ0n) is 12.8. The van der Waals surface area contributed by atoms with Crippen molar-refractivity contribution in [2.24, 2.45) is 0 Å². The number of allylic oxidation sites excluding steroid dienone is 1. The molecule has 1 aromatic carbocycles. The van der Waals surface area contributed by atoms with E-state index in [2.05, 4.69) is 27.0 Å². The van der Waals surface area contributed by atoms with Crippen LogP contribution >= 0.6 is 15.9 Å². The predicted octanol–water partition coefficient (Wildman–Crippen LogP) is 4.63. The average Bonchev–Trinajstić information content (AvgIpc) is 2.61. The normalized spacial score (nSPS) is 13.7. The van der Waals surface area contributed by atoms with Gasteiger partial charge in [-0.05, 0) is 45.8 Å². The van der Waals surface area contributed by atoms with Crippen LogP contribution in [-0.4, -0.2) is 12.1 Å². The van der Waals surface area contributed by atoms with Crippen LogP contribution in [0.25, 0.3) is 0 Å². The van der Waals surface area contributed by atoms with Crippen molar-refractivity contribution in [3.8, 4) is 5.75 Å². The van der Waals surface area contributed by atoms with E-state index < -0.39 is 0 Å². The van der Waals surface area contributed by atoms with Gasteiger partial charge in [0.05, 0.1) is 7.11 Å². The summed E-state index contributed by atoms with van der Waals surface area (Å²) >= 11 is 3.39. The molecule has 2 aromatic rings. The molecule has 0 fully saturated rings. The van der Waals surface area contributed by atoms with Crippen LogP contribution in [0.3, 0.4) is 0 Å². The lowest BCUT2D eigenvalue weighted by Crippen LogP contribution is -2.14. The van der Waals surface area contributed by atoms with E-state index in [1.165, 1.54) is 0 Å². The summed E-state index contributed by atoms with van der Waals surface area (Å²) in [6.45, 7) is 0.531. The summed E-state index contributed by atoms with van der Waals surface area (Å²) in [5.41, 5.74) is 1.10. The van der Waals surface area contributed by atoms with E-state index in [0.29, 0.717) is 6.61 Å². The second-order valence-electron chi connectivity index (χ2n) is 5.05. The summed E-state index contributed by atoms with van der Waals surface area (Å²) in [5, 5.41) is 0. The Bertz CT molecular complexity index is 726. The SMILES string of the molecule is COc1ccc(COC2=CN(c3cccc(Br)n3)C=CC2)cc1. The van der Waals surface area contributed by atoms with E-state index >= 15 is 0 Å². The molecular formula is C18H17BrN2O2. The number of hydrogen-bond acceptors (Lipinski definition) is 4. The molecule has 0 atom stereocenters. The highest BCUT2D eigenvalue weighted by Crippen LogP contribution is 2.22. The van der Waals surface area contributed by atoms with Gasteiger partial charge in [0.15, 0.2) is 0 Å². The number of benzene rings is 1. The molecule has 0 amide bonds. The number of pyridine rings is 1. The van der Waals surface area contributed by atoms with E-state index in [-0.39, 0.29) is 0 Å². The van der Waals surface area contributed by atoms with Crippen LogP contribution in [0.2, 0.25) is 0 Å². The summed E-state index contributed by atoms with van der Waals surface area (Å²) in [4.78, 5) is 6.40. The van der Waals surface area contributed by atoms with Crippen LogP contribution in [0, 0.1) is 0 Å². The smallest absolute Gasteiger partial charge is 0.137 e. The second kappa shape index (κ2) is 7.33. The fraction of sp³-hybridized carbons (Fsp3) is 0.167. The first-order valence-corrected chi connectivity index (χ1v) is 8.08. The van der Waals surface area contributed by atoms with Crippen LogP contribution in [-0.2, 0) is 11.3 Å². The maximum atomic E-state index is 5.91. The van der Waals surface area contributed by atoms with Crippen molar-refractivity contribution in [2.45, 2.75) is 13.0 Å². The minimum Gasteiger partial charge on any atom is -0.497 e. The second-order valence-corrected chi connectivity index (χ2v) is 5.86. The molecule has 0 saturated carbocycles. The molecule has 23 heavy (non-hydrogen) atoms. The number of anilines is 1. The van der Waals surface area contributed by atoms with Gasteiger partial charge in [-0.1, -0.05) is 24.3 Å². The number of nitrogens with zero attached hydrogens (tertiary/aromatic N) is 2. The van der Waals surface area contributed by atoms with Crippen molar-refractivity contribution in [1.82, 2.24) is 4.98 Å². The van der Waals surface area contributed by atoms with Gasteiger partial charge in [-0.2, -0.15) is 0 Å². The molecule has 0 saturated heterocycles. The van der Waals surface area contributed by atoms with E-state index in [1.807, 2.05) is 59.8 Å². The molecular weight excluding hydrogens is 356 g/mol. The Morgan fingerprint density at radius 2 is 2.00 bits per heavy atom. The first-order chi connectivity index (χ1) is 11.2. The Hall–Kier alpha value is -2.27. The van der Waals surface area contributed by atoms with Gasteiger partial charge in [0.1, 0.15) is 28.5 Å². The van der Waals surface area contributed by atoms with E-state index in [4.69, 9.17) is 9.47 Å². The lowest BCUT2D eigenvalue weighted by atomic mass is 10.2. The number of ether oxygens (including phenoxy) is 2. The topological polar surface area (TPSA) is 34.6 Å². The molecule has 0 unspecified atom stereocenters. The quantitative estimate of drug-likeness (QED) is 0.716. The molecule has 0 radical (unpaired) electrons. The molecule has 1 aliphatic heterocycles. The van der Waals surface area contributed by atoms with Crippen LogP contribution in [0.1, 0.15) is 12.0 Å².